The Bertz CT molecular complexity index is 1280. The summed E-state index contributed by atoms with van der Waals surface area (Å²) in [4.78, 5) is 18.9. The van der Waals surface area contributed by atoms with E-state index < -0.39 is 8.32 Å². The third-order valence-corrected chi connectivity index (χ3v) is 16.0. The summed E-state index contributed by atoms with van der Waals surface area (Å²) in [5, 5.41) is 0.201. The van der Waals surface area contributed by atoms with Gasteiger partial charge in [0.2, 0.25) is 5.91 Å². The van der Waals surface area contributed by atoms with Gasteiger partial charge in [0.25, 0.3) is 0 Å². The average Bonchev–Trinajstić information content (AvgIpc) is 2.99. The number of hydrogen-bond acceptors (Lipinski definition) is 5. The van der Waals surface area contributed by atoms with Gasteiger partial charge in [0.05, 0.1) is 13.2 Å². The lowest BCUT2D eigenvalue weighted by Crippen LogP contribution is -2.52. The fourth-order valence-electron chi connectivity index (χ4n) is 7.31. The second kappa shape index (κ2) is 14.2. The standard InChI is InChI=1S/C38H58N2O4Si/c1-27-22-31(18-21-36(27)43-6)29-14-12-28(13-15-29)24-40(33-11-9-10-32(23-33)39-25-35(26-39)42-5)37(41)30-16-19-34(20-17-30)44-45(7,8)38(2,3)4/h9-11,18,21-23,28-30,34-35H,12-17,19-20,24-26H2,1-8H3. The van der Waals surface area contributed by atoms with Gasteiger partial charge in [-0.3, -0.25) is 4.79 Å². The number of carbonyl (C=O) groups excluding carboxylic acids is 1. The van der Waals surface area contributed by atoms with Crippen molar-refractivity contribution in [3.8, 4) is 5.75 Å². The van der Waals surface area contributed by atoms with Crippen LogP contribution in [0.4, 0.5) is 11.4 Å². The number of amides is 1. The smallest absolute Gasteiger partial charge is 0.230 e. The van der Waals surface area contributed by atoms with Gasteiger partial charge in [-0.2, -0.15) is 0 Å². The molecule has 1 amide bonds. The van der Waals surface area contributed by atoms with Crippen molar-refractivity contribution in [2.45, 2.75) is 115 Å². The normalized spacial score (nSPS) is 24.7. The van der Waals surface area contributed by atoms with Crippen molar-refractivity contribution in [3.05, 3.63) is 53.6 Å². The van der Waals surface area contributed by atoms with Gasteiger partial charge < -0.3 is 23.7 Å². The Morgan fingerprint density at radius 2 is 1.60 bits per heavy atom. The summed E-state index contributed by atoms with van der Waals surface area (Å²) in [6, 6.07) is 15.3. The van der Waals surface area contributed by atoms with Crippen LogP contribution in [0.2, 0.25) is 18.1 Å². The molecule has 3 aliphatic rings. The molecule has 1 aliphatic heterocycles. The van der Waals surface area contributed by atoms with E-state index in [1.165, 1.54) is 29.7 Å². The van der Waals surface area contributed by atoms with Gasteiger partial charge in [-0.15, -0.1) is 0 Å². The van der Waals surface area contributed by atoms with Gasteiger partial charge in [0, 0.05) is 50.1 Å². The molecule has 0 aromatic heterocycles. The summed E-state index contributed by atoms with van der Waals surface area (Å²) in [5.41, 5.74) is 4.86. The van der Waals surface area contributed by atoms with Gasteiger partial charge in [-0.25, -0.2) is 0 Å². The van der Waals surface area contributed by atoms with Crippen LogP contribution >= 0.6 is 0 Å². The number of aryl methyl sites for hydroxylation is 1. The summed E-state index contributed by atoms with van der Waals surface area (Å²) < 4.78 is 17.8. The number of methoxy groups -OCH3 is 2. The minimum atomic E-state index is -1.82. The van der Waals surface area contributed by atoms with E-state index >= 15 is 0 Å². The van der Waals surface area contributed by atoms with Crippen LogP contribution in [0, 0.1) is 18.8 Å². The topological polar surface area (TPSA) is 51.2 Å². The molecule has 248 valence electrons. The Morgan fingerprint density at radius 3 is 2.20 bits per heavy atom. The van der Waals surface area contributed by atoms with Crippen LogP contribution in [0.3, 0.4) is 0 Å². The quantitative estimate of drug-likeness (QED) is 0.245. The van der Waals surface area contributed by atoms with Gasteiger partial charge >= 0.3 is 0 Å². The van der Waals surface area contributed by atoms with Gasteiger partial charge in [0.1, 0.15) is 5.75 Å². The average molecular weight is 635 g/mol. The predicted octanol–water partition coefficient (Wildman–Crippen LogP) is 8.73. The summed E-state index contributed by atoms with van der Waals surface area (Å²) in [6.45, 7) is 16.4. The maximum Gasteiger partial charge on any atom is 0.230 e. The molecule has 0 N–H and O–H groups in total. The highest BCUT2D eigenvalue weighted by Crippen LogP contribution is 2.41. The maximum atomic E-state index is 14.4. The summed E-state index contributed by atoms with van der Waals surface area (Å²) in [5.74, 6) is 2.42. The molecule has 2 aromatic carbocycles. The first kappa shape index (κ1) is 34.0. The van der Waals surface area contributed by atoms with Gasteiger partial charge in [0.15, 0.2) is 8.32 Å². The van der Waals surface area contributed by atoms with Crippen LogP contribution in [-0.4, -0.2) is 60.3 Å². The lowest BCUT2D eigenvalue weighted by atomic mass is 9.78. The molecule has 1 heterocycles. The van der Waals surface area contributed by atoms with E-state index in [1.54, 1.807) is 14.2 Å². The van der Waals surface area contributed by atoms with E-state index in [4.69, 9.17) is 13.9 Å². The third kappa shape index (κ3) is 7.97. The molecule has 0 bridgehead atoms. The van der Waals surface area contributed by atoms with Crippen LogP contribution in [0.1, 0.15) is 89.2 Å². The monoisotopic (exact) mass is 634 g/mol. The maximum absolute atomic E-state index is 14.4. The Morgan fingerprint density at radius 1 is 0.911 bits per heavy atom. The number of rotatable bonds is 10. The summed E-state index contributed by atoms with van der Waals surface area (Å²) >= 11 is 0. The molecular weight excluding hydrogens is 577 g/mol. The molecule has 0 unspecified atom stereocenters. The SMILES string of the molecule is COc1ccc(C2CCC(CN(C(=O)C3CCC(O[Si](C)(C)C(C)(C)C)CC3)c3cccc(N4CC(OC)C4)c3)CC2)cc1C. The fraction of sp³-hybridized carbons (Fsp3) is 0.658. The van der Waals surface area contributed by atoms with Gasteiger partial charge in [-0.05, 0) is 124 Å². The summed E-state index contributed by atoms with van der Waals surface area (Å²) in [6.07, 6.45) is 9.00. The second-order valence-corrected chi connectivity index (χ2v) is 20.3. The molecule has 6 nitrogen and oxygen atoms in total. The number of ether oxygens (including phenoxy) is 2. The molecule has 0 radical (unpaired) electrons. The molecule has 7 heteroatoms. The molecule has 2 aromatic rings. The number of nitrogens with zero attached hydrogens (tertiary/aromatic N) is 2. The van der Waals surface area contributed by atoms with Crippen molar-refractivity contribution in [1.29, 1.82) is 0 Å². The molecule has 45 heavy (non-hydrogen) atoms. The number of benzene rings is 2. The molecule has 5 rings (SSSR count). The zero-order valence-electron chi connectivity index (χ0n) is 29.2. The van der Waals surface area contributed by atoms with E-state index in [0.29, 0.717) is 23.8 Å². The molecule has 0 spiro atoms. The predicted molar refractivity (Wildman–Crippen MR) is 188 cm³/mol. The minimum absolute atomic E-state index is 0.0633. The van der Waals surface area contributed by atoms with Crippen molar-refractivity contribution >= 4 is 25.6 Å². The second-order valence-electron chi connectivity index (χ2n) is 15.5. The van der Waals surface area contributed by atoms with Crippen LogP contribution < -0.4 is 14.5 Å². The van der Waals surface area contributed by atoms with Crippen molar-refractivity contribution in [2.75, 3.05) is 43.7 Å². The highest BCUT2D eigenvalue weighted by molar-refractivity contribution is 6.74. The number of hydrogen-bond donors (Lipinski definition) is 0. The third-order valence-electron chi connectivity index (χ3n) is 11.4. The van der Waals surface area contributed by atoms with Crippen molar-refractivity contribution in [3.63, 3.8) is 0 Å². The molecule has 3 fully saturated rings. The van der Waals surface area contributed by atoms with Crippen LogP contribution in [-0.2, 0) is 14.0 Å². The highest BCUT2D eigenvalue weighted by atomic mass is 28.4. The van der Waals surface area contributed by atoms with E-state index in [1.807, 2.05) is 0 Å². The summed E-state index contributed by atoms with van der Waals surface area (Å²) in [7, 11) is 1.71. The van der Waals surface area contributed by atoms with Crippen LogP contribution in [0.5, 0.6) is 5.75 Å². The Balaban J connectivity index is 1.27. The fourth-order valence-corrected chi connectivity index (χ4v) is 8.73. The first-order chi connectivity index (χ1) is 21.4. The van der Waals surface area contributed by atoms with E-state index in [9.17, 15) is 4.79 Å². The molecule has 2 saturated carbocycles. The van der Waals surface area contributed by atoms with E-state index in [-0.39, 0.29) is 17.1 Å². The lowest BCUT2D eigenvalue weighted by molar-refractivity contribution is -0.124. The Hall–Kier alpha value is -2.35. The zero-order valence-corrected chi connectivity index (χ0v) is 30.2. The zero-order chi connectivity index (χ0) is 32.4. The molecule has 0 atom stereocenters. The van der Waals surface area contributed by atoms with Crippen molar-refractivity contribution in [1.82, 2.24) is 0 Å². The van der Waals surface area contributed by atoms with E-state index in [0.717, 1.165) is 69.6 Å². The van der Waals surface area contributed by atoms with Gasteiger partial charge in [-0.1, -0.05) is 39.0 Å². The number of anilines is 2. The highest BCUT2D eigenvalue weighted by Gasteiger charge is 2.41. The van der Waals surface area contributed by atoms with Crippen molar-refractivity contribution in [2.24, 2.45) is 11.8 Å². The first-order valence-corrected chi connectivity index (χ1v) is 20.3. The van der Waals surface area contributed by atoms with E-state index in [2.05, 4.69) is 93.1 Å². The Labute approximate surface area is 273 Å². The molecule has 1 saturated heterocycles. The Kier molecular flexibility index (Phi) is 10.7. The first-order valence-electron chi connectivity index (χ1n) is 17.4. The van der Waals surface area contributed by atoms with Crippen LogP contribution in [0.15, 0.2) is 42.5 Å². The molecule has 2 aliphatic carbocycles. The minimum Gasteiger partial charge on any atom is -0.496 e. The van der Waals surface area contributed by atoms with Crippen molar-refractivity contribution < 1.29 is 18.7 Å². The lowest BCUT2D eigenvalue weighted by Gasteiger charge is -2.42. The van der Waals surface area contributed by atoms with Crippen LogP contribution in [0.25, 0.3) is 0 Å². The molecular formula is C38H58N2O4Si. The number of carbonyl (C=O) groups is 1. The largest absolute Gasteiger partial charge is 0.496 e.